The largest absolute Gasteiger partial charge is 0.481 e. The van der Waals surface area contributed by atoms with Crippen LogP contribution in [0.1, 0.15) is 32.2 Å². The molecule has 2 saturated heterocycles. The van der Waals surface area contributed by atoms with Crippen molar-refractivity contribution in [2.45, 2.75) is 68.1 Å². The minimum atomic E-state index is -2.55. The van der Waals surface area contributed by atoms with Crippen molar-refractivity contribution in [2.24, 2.45) is 0 Å². The number of ether oxygens (including phenoxy) is 3. The lowest BCUT2D eigenvalue weighted by Gasteiger charge is -2.35. The SMILES string of the molecule is CC(=O)O.CO.CO[C@@]1(c2ccc3c(N)ncnn23)O[C@H](CO)[C@@H](O)[C@@]1(C)F.C[C@@]1(F)[C@H](O)[C@@H](CO)OC1(O)c1ccc2c(N)ncnn12. The second-order valence-electron chi connectivity index (χ2n) is 11.0. The Morgan fingerprint density at radius 1 is 0.878 bits per heavy atom. The highest BCUT2D eigenvalue weighted by molar-refractivity contribution is 5.66. The normalized spacial score (nSPS) is 32.1. The number of carbonyl (C=O) groups is 1. The van der Waals surface area contributed by atoms with Gasteiger partial charge in [-0.1, -0.05) is 0 Å². The van der Waals surface area contributed by atoms with Gasteiger partial charge in [-0.25, -0.2) is 27.8 Å². The van der Waals surface area contributed by atoms with E-state index < -0.39 is 66.5 Å². The summed E-state index contributed by atoms with van der Waals surface area (Å²) in [5.41, 5.74) is 7.56. The molecule has 11 N–H and O–H groups in total. The Morgan fingerprint density at radius 3 is 1.69 bits per heavy atom. The minimum absolute atomic E-state index is 0.0494. The maximum atomic E-state index is 15.3. The van der Waals surface area contributed by atoms with Crippen LogP contribution in [0, 0.1) is 0 Å². The number of aliphatic hydroxyl groups is 6. The number of nitrogens with zero attached hydrogens (tertiary/aromatic N) is 6. The molecular weight excluding hydrogens is 662 g/mol. The van der Waals surface area contributed by atoms with Crippen LogP contribution in [0.4, 0.5) is 20.4 Å². The molecule has 0 saturated carbocycles. The van der Waals surface area contributed by atoms with Crippen molar-refractivity contribution in [1.82, 2.24) is 29.2 Å². The van der Waals surface area contributed by atoms with Crippen LogP contribution in [0.2, 0.25) is 0 Å². The van der Waals surface area contributed by atoms with Gasteiger partial charge in [-0.3, -0.25) is 4.79 Å². The van der Waals surface area contributed by atoms with E-state index in [0.717, 1.165) is 34.2 Å². The number of hydrogen-bond acceptors (Lipinski definition) is 16. The number of aliphatic carboxylic acids is 1. The summed E-state index contributed by atoms with van der Waals surface area (Å²) in [6.07, 6.45) is -3.27. The number of carboxylic acids is 1. The first-order valence-corrected chi connectivity index (χ1v) is 14.4. The summed E-state index contributed by atoms with van der Waals surface area (Å²) in [4.78, 5) is 16.7. The molecule has 8 atom stereocenters. The zero-order valence-electron chi connectivity index (χ0n) is 27.0. The van der Waals surface area contributed by atoms with Crippen LogP contribution in [0.15, 0.2) is 36.9 Å². The van der Waals surface area contributed by atoms with Crippen LogP contribution in [0.25, 0.3) is 11.0 Å². The molecule has 0 spiro atoms. The van der Waals surface area contributed by atoms with E-state index in [0.29, 0.717) is 11.0 Å². The van der Waals surface area contributed by atoms with E-state index in [1.807, 2.05) is 0 Å². The molecular formula is C28H40F2N8O11. The molecule has 1 unspecified atom stereocenters. The van der Waals surface area contributed by atoms with Crippen molar-refractivity contribution in [3.63, 3.8) is 0 Å². The number of aromatic nitrogens is 6. The number of fused-ring (bicyclic) bond motifs is 2. The number of hydrogen-bond donors (Lipinski definition) is 9. The highest BCUT2D eigenvalue weighted by Crippen LogP contribution is 2.50. The van der Waals surface area contributed by atoms with Gasteiger partial charge in [-0.05, 0) is 38.1 Å². The Morgan fingerprint density at radius 2 is 1.29 bits per heavy atom. The number of rotatable bonds is 5. The van der Waals surface area contributed by atoms with E-state index in [1.54, 1.807) is 6.07 Å². The molecule has 4 aromatic heterocycles. The zero-order valence-corrected chi connectivity index (χ0v) is 27.0. The summed E-state index contributed by atoms with van der Waals surface area (Å²) in [6.45, 7) is 2.05. The zero-order chi connectivity index (χ0) is 37.1. The number of anilines is 2. The van der Waals surface area contributed by atoms with E-state index >= 15 is 4.39 Å². The molecule has 6 heterocycles. The first-order valence-electron chi connectivity index (χ1n) is 14.4. The van der Waals surface area contributed by atoms with Crippen molar-refractivity contribution >= 4 is 28.6 Å². The molecule has 272 valence electrons. The quantitative estimate of drug-likeness (QED) is 0.111. The fourth-order valence-corrected chi connectivity index (χ4v) is 5.54. The van der Waals surface area contributed by atoms with Crippen LogP contribution in [-0.4, -0.2) is 134 Å². The van der Waals surface area contributed by atoms with Gasteiger partial charge >= 0.3 is 0 Å². The Labute approximate surface area is 276 Å². The van der Waals surface area contributed by atoms with Gasteiger partial charge in [0.2, 0.25) is 11.6 Å². The monoisotopic (exact) mass is 702 g/mol. The van der Waals surface area contributed by atoms with Crippen LogP contribution in [0.3, 0.4) is 0 Å². The summed E-state index contributed by atoms with van der Waals surface area (Å²) >= 11 is 0. The van der Waals surface area contributed by atoms with Crippen molar-refractivity contribution in [3.05, 3.63) is 48.3 Å². The molecule has 2 aliphatic heterocycles. The van der Waals surface area contributed by atoms with E-state index in [1.165, 1.54) is 40.7 Å². The predicted octanol–water partition coefficient (Wildman–Crippen LogP) is -1.77. The number of alkyl halides is 2. The number of aliphatic hydroxyl groups excluding tert-OH is 5. The number of methoxy groups -OCH3 is 1. The van der Waals surface area contributed by atoms with Crippen molar-refractivity contribution in [1.29, 1.82) is 0 Å². The average Bonchev–Trinajstić information content (AvgIpc) is 3.79. The highest BCUT2D eigenvalue weighted by atomic mass is 19.1. The van der Waals surface area contributed by atoms with Gasteiger partial charge in [0.15, 0.2) is 23.0 Å². The van der Waals surface area contributed by atoms with Gasteiger partial charge in [0.05, 0.1) is 13.2 Å². The van der Waals surface area contributed by atoms with Crippen molar-refractivity contribution in [3.8, 4) is 0 Å². The third-order valence-electron chi connectivity index (χ3n) is 8.06. The Hall–Kier alpha value is -4.19. The van der Waals surface area contributed by atoms with E-state index in [-0.39, 0.29) is 23.0 Å². The molecule has 2 aliphatic rings. The maximum Gasteiger partial charge on any atom is 0.300 e. The molecule has 6 rings (SSSR count). The average molecular weight is 703 g/mol. The van der Waals surface area contributed by atoms with Gasteiger partial charge in [-0.15, -0.1) is 0 Å². The summed E-state index contributed by atoms with van der Waals surface area (Å²) in [7, 11) is 2.26. The molecule has 4 aromatic rings. The Balaban J connectivity index is 0.000000229. The first-order chi connectivity index (χ1) is 22.9. The second kappa shape index (κ2) is 14.7. The van der Waals surface area contributed by atoms with Gasteiger partial charge in [0, 0.05) is 21.1 Å². The van der Waals surface area contributed by atoms with E-state index in [9.17, 15) is 24.8 Å². The Bertz CT molecular complexity index is 1740. The van der Waals surface area contributed by atoms with Crippen molar-refractivity contribution in [2.75, 3.05) is 38.9 Å². The molecule has 49 heavy (non-hydrogen) atoms. The molecule has 0 aromatic carbocycles. The summed E-state index contributed by atoms with van der Waals surface area (Å²) < 4.78 is 48.7. The Kier molecular flexibility index (Phi) is 11.8. The molecule has 19 nitrogen and oxygen atoms in total. The summed E-state index contributed by atoms with van der Waals surface area (Å²) in [5, 5.41) is 71.4. The van der Waals surface area contributed by atoms with Crippen molar-refractivity contribution < 1.29 is 63.5 Å². The van der Waals surface area contributed by atoms with E-state index in [4.69, 9.17) is 45.8 Å². The third kappa shape index (κ3) is 6.47. The van der Waals surface area contributed by atoms with Gasteiger partial charge in [0.25, 0.3) is 5.97 Å². The summed E-state index contributed by atoms with van der Waals surface area (Å²) in [5.74, 6) is -4.89. The van der Waals surface area contributed by atoms with Crippen LogP contribution in [0.5, 0.6) is 0 Å². The highest BCUT2D eigenvalue weighted by Gasteiger charge is 2.67. The molecule has 0 bridgehead atoms. The number of halogens is 2. The van der Waals surface area contributed by atoms with E-state index in [2.05, 4.69) is 20.2 Å². The molecule has 0 radical (unpaired) electrons. The number of nitrogens with two attached hydrogens (primary N) is 2. The fraction of sp³-hybridized carbons (Fsp3) is 0.536. The van der Waals surface area contributed by atoms with Crippen LogP contribution in [-0.2, 0) is 30.6 Å². The van der Waals surface area contributed by atoms with Gasteiger partial charge in [0.1, 0.15) is 59.5 Å². The smallest absolute Gasteiger partial charge is 0.300 e. The third-order valence-corrected chi connectivity index (χ3v) is 8.06. The van der Waals surface area contributed by atoms with Gasteiger partial charge < -0.3 is 61.4 Å². The van der Waals surface area contributed by atoms with Crippen LogP contribution >= 0.6 is 0 Å². The molecule has 0 aliphatic carbocycles. The van der Waals surface area contributed by atoms with Crippen LogP contribution < -0.4 is 11.5 Å². The lowest BCUT2D eigenvalue weighted by Crippen LogP contribution is -2.50. The molecule has 0 amide bonds. The first kappa shape index (κ1) is 39.3. The number of nitrogen functional groups attached to an aromatic ring is 2. The maximum absolute atomic E-state index is 15.3. The number of carboxylic acid groups (broad SMARTS) is 1. The fourth-order valence-electron chi connectivity index (χ4n) is 5.54. The second-order valence-corrected chi connectivity index (χ2v) is 11.0. The standard InChI is InChI=1S/C13H17FN4O4.C12H15FN4O4.C2H4O2.CH4O/c1-12(14)10(20)8(5-19)22-13(12,21-2)9-4-3-7-11(15)16-6-17-18(7)9;1-11(13)9(19)7(4-18)21-12(11,20)8-3-2-6-10(14)15-5-16-17(6)8;1-2(3)4;1-2/h3-4,6,8,10,19-20H,5H2,1-2H3,(H2,15,16,17);2-3,5,7,9,18-20H,4H2,1H3,(H2,14,15,16);1H3,(H,3,4);2H,1H3/t8-,10-,12-,13+;7-,9-,11-,12?;;/m11../s1. The summed E-state index contributed by atoms with van der Waals surface area (Å²) in [6, 6.07) is 6.02. The molecule has 2 fully saturated rings. The molecule has 21 heteroatoms. The predicted molar refractivity (Wildman–Crippen MR) is 164 cm³/mol. The van der Waals surface area contributed by atoms with Gasteiger partial charge in [-0.2, -0.15) is 10.2 Å². The lowest BCUT2D eigenvalue weighted by atomic mass is 9.89. The topological polar surface area (TPSA) is 299 Å². The lowest BCUT2D eigenvalue weighted by molar-refractivity contribution is -0.272. The minimum Gasteiger partial charge on any atom is -0.481 e.